The number of rotatable bonds is 4. The maximum Gasteiger partial charge on any atom is 0.248 e. The van der Waals surface area contributed by atoms with Gasteiger partial charge in [-0.3, -0.25) is 9.78 Å². The van der Waals surface area contributed by atoms with Gasteiger partial charge in [0.1, 0.15) is 0 Å². The topological polar surface area (TPSA) is 82.5 Å². The van der Waals surface area contributed by atoms with Crippen LogP contribution in [0.4, 0.5) is 5.69 Å². The molecule has 0 spiro atoms. The predicted molar refractivity (Wildman–Crippen MR) is 135 cm³/mol. The van der Waals surface area contributed by atoms with E-state index >= 15 is 0 Å². The van der Waals surface area contributed by atoms with Crippen molar-refractivity contribution in [3.63, 3.8) is 0 Å². The third-order valence-electron chi connectivity index (χ3n) is 4.66. The SMILES string of the molecule is Br.O=C(C=Cc1ccc(O)c(O)c1)Nc1cnc2ccc(Cl)cc2c1-c1ccccc1Cl. The van der Waals surface area contributed by atoms with Crippen molar-refractivity contribution in [2.24, 2.45) is 0 Å². The van der Waals surface area contributed by atoms with Gasteiger partial charge in [-0.2, -0.15) is 0 Å². The zero-order valence-corrected chi connectivity index (χ0v) is 19.6. The zero-order chi connectivity index (χ0) is 22.0. The number of fused-ring (bicyclic) bond motifs is 1. The van der Waals surface area contributed by atoms with Crippen LogP contribution in [-0.4, -0.2) is 21.1 Å². The quantitative estimate of drug-likeness (QED) is 0.198. The average Bonchev–Trinajstić information content (AvgIpc) is 2.75. The molecule has 3 aromatic carbocycles. The molecule has 0 unspecified atom stereocenters. The molecule has 0 aliphatic rings. The molecule has 32 heavy (non-hydrogen) atoms. The highest BCUT2D eigenvalue weighted by atomic mass is 79.9. The number of aromatic nitrogens is 1. The van der Waals surface area contributed by atoms with Gasteiger partial charge in [0.25, 0.3) is 0 Å². The number of anilines is 1. The molecular weight excluding hydrogens is 515 g/mol. The average molecular weight is 532 g/mol. The van der Waals surface area contributed by atoms with Crippen LogP contribution in [0.3, 0.4) is 0 Å². The van der Waals surface area contributed by atoms with Crippen molar-refractivity contribution in [2.45, 2.75) is 0 Å². The Morgan fingerprint density at radius 1 is 0.969 bits per heavy atom. The molecular formula is C24H17BrCl2N2O3. The first-order chi connectivity index (χ1) is 14.9. The Labute approximate surface area is 204 Å². The van der Waals surface area contributed by atoms with Gasteiger partial charge >= 0.3 is 0 Å². The number of hydrogen-bond acceptors (Lipinski definition) is 4. The largest absolute Gasteiger partial charge is 0.504 e. The highest BCUT2D eigenvalue weighted by molar-refractivity contribution is 8.93. The lowest BCUT2D eigenvalue weighted by atomic mass is 9.99. The number of nitrogens with one attached hydrogen (secondary N) is 1. The van der Waals surface area contributed by atoms with E-state index in [1.54, 1.807) is 36.5 Å². The van der Waals surface area contributed by atoms with Crippen molar-refractivity contribution in [1.29, 1.82) is 0 Å². The first-order valence-electron chi connectivity index (χ1n) is 9.26. The Morgan fingerprint density at radius 3 is 2.50 bits per heavy atom. The Balaban J connectivity index is 0.00000289. The van der Waals surface area contributed by atoms with Crippen molar-refractivity contribution in [3.8, 4) is 22.6 Å². The Kier molecular flexibility index (Phi) is 7.40. The molecule has 4 rings (SSSR count). The fraction of sp³-hybridized carbons (Fsp3) is 0. The van der Waals surface area contributed by atoms with Gasteiger partial charge in [0.05, 0.1) is 17.4 Å². The van der Waals surface area contributed by atoms with Crippen LogP contribution in [0.1, 0.15) is 5.56 Å². The molecule has 3 N–H and O–H groups in total. The van der Waals surface area contributed by atoms with Gasteiger partial charge in [0.15, 0.2) is 11.5 Å². The Hall–Kier alpha value is -3.06. The summed E-state index contributed by atoms with van der Waals surface area (Å²) in [5, 5.41) is 23.7. The number of nitrogens with zero attached hydrogens (tertiary/aromatic N) is 1. The van der Waals surface area contributed by atoms with Crippen LogP contribution in [0, 0.1) is 0 Å². The number of amides is 1. The van der Waals surface area contributed by atoms with Crippen LogP contribution in [0.25, 0.3) is 28.1 Å². The summed E-state index contributed by atoms with van der Waals surface area (Å²) in [5.41, 5.74) is 3.20. The lowest BCUT2D eigenvalue weighted by Gasteiger charge is -2.14. The smallest absolute Gasteiger partial charge is 0.248 e. The summed E-state index contributed by atoms with van der Waals surface area (Å²) < 4.78 is 0. The van der Waals surface area contributed by atoms with Crippen LogP contribution >= 0.6 is 40.2 Å². The minimum Gasteiger partial charge on any atom is -0.504 e. The summed E-state index contributed by atoms with van der Waals surface area (Å²) >= 11 is 12.7. The van der Waals surface area contributed by atoms with Crippen molar-refractivity contribution < 1.29 is 15.0 Å². The molecule has 0 fully saturated rings. The first-order valence-corrected chi connectivity index (χ1v) is 10.0. The van der Waals surface area contributed by atoms with Gasteiger partial charge in [-0.25, -0.2) is 0 Å². The summed E-state index contributed by atoms with van der Waals surface area (Å²) in [4.78, 5) is 17.0. The van der Waals surface area contributed by atoms with Gasteiger partial charge in [-0.05, 0) is 48.0 Å². The Bertz CT molecular complexity index is 1340. The van der Waals surface area contributed by atoms with Gasteiger partial charge < -0.3 is 15.5 Å². The van der Waals surface area contributed by atoms with E-state index in [0.717, 1.165) is 10.9 Å². The molecule has 162 valence electrons. The number of benzene rings is 3. The van der Waals surface area contributed by atoms with Crippen LogP contribution in [0.15, 0.2) is 72.9 Å². The van der Waals surface area contributed by atoms with Crippen LogP contribution < -0.4 is 5.32 Å². The molecule has 4 aromatic rings. The molecule has 0 aliphatic heterocycles. The second-order valence-corrected chi connectivity index (χ2v) is 7.60. The maximum absolute atomic E-state index is 12.6. The number of carbonyl (C=O) groups is 1. The minimum atomic E-state index is -0.399. The fourth-order valence-electron chi connectivity index (χ4n) is 3.20. The van der Waals surface area contributed by atoms with Gasteiger partial charge in [-0.15, -0.1) is 17.0 Å². The summed E-state index contributed by atoms with van der Waals surface area (Å²) in [6.07, 6.45) is 4.42. The third kappa shape index (κ3) is 5.05. The number of halogens is 3. The van der Waals surface area contributed by atoms with E-state index in [-0.39, 0.29) is 28.5 Å². The number of carbonyl (C=O) groups excluding carboxylic acids is 1. The number of phenols is 2. The molecule has 0 saturated heterocycles. The monoisotopic (exact) mass is 530 g/mol. The molecule has 0 bridgehead atoms. The van der Waals surface area contributed by atoms with E-state index in [1.165, 1.54) is 24.3 Å². The highest BCUT2D eigenvalue weighted by Crippen LogP contribution is 2.39. The second-order valence-electron chi connectivity index (χ2n) is 6.76. The number of aromatic hydroxyl groups is 2. The van der Waals surface area contributed by atoms with Gasteiger partial charge in [0, 0.05) is 32.6 Å². The molecule has 0 saturated carbocycles. The van der Waals surface area contributed by atoms with Crippen LogP contribution in [0.2, 0.25) is 10.0 Å². The molecule has 0 atom stereocenters. The summed E-state index contributed by atoms with van der Waals surface area (Å²) in [5.74, 6) is -0.893. The van der Waals surface area contributed by atoms with Gasteiger partial charge in [-0.1, -0.05) is 47.5 Å². The molecule has 0 aliphatic carbocycles. The number of hydrogen-bond donors (Lipinski definition) is 3. The van der Waals surface area contributed by atoms with Crippen molar-refractivity contribution in [3.05, 3.63) is 88.5 Å². The normalized spacial score (nSPS) is 10.8. The van der Waals surface area contributed by atoms with Crippen molar-refractivity contribution >= 4 is 68.8 Å². The molecule has 0 radical (unpaired) electrons. The lowest BCUT2D eigenvalue weighted by Crippen LogP contribution is -2.09. The highest BCUT2D eigenvalue weighted by Gasteiger charge is 2.15. The van der Waals surface area contributed by atoms with E-state index < -0.39 is 5.91 Å². The van der Waals surface area contributed by atoms with Crippen molar-refractivity contribution in [2.75, 3.05) is 5.32 Å². The Morgan fingerprint density at radius 2 is 1.75 bits per heavy atom. The van der Waals surface area contributed by atoms with E-state index in [2.05, 4.69) is 10.3 Å². The fourth-order valence-corrected chi connectivity index (χ4v) is 3.61. The standard InChI is InChI=1S/C24H16Cl2N2O3.BrH/c25-15-7-8-19-17(12-15)24(16-3-1-2-4-18(16)26)20(13-27-19)28-23(31)10-6-14-5-9-21(29)22(30)11-14;/h1-13,29-30H,(H,28,31);1H. The van der Waals surface area contributed by atoms with Gasteiger partial charge in [0.2, 0.25) is 5.91 Å². The third-order valence-corrected chi connectivity index (χ3v) is 5.22. The summed E-state index contributed by atoms with van der Waals surface area (Å²) in [7, 11) is 0. The van der Waals surface area contributed by atoms with Crippen molar-refractivity contribution in [1.82, 2.24) is 4.98 Å². The zero-order valence-electron chi connectivity index (χ0n) is 16.4. The molecule has 1 aromatic heterocycles. The van der Waals surface area contributed by atoms with Crippen LogP contribution in [-0.2, 0) is 4.79 Å². The van der Waals surface area contributed by atoms with E-state index in [1.807, 2.05) is 18.2 Å². The van der Waals surface area contributed by atoms with E-state index in [9.17, 15) is 15.0 Å². The summed E-state index contributed by atoms with van der Waals surface area (Å²) in [6.45, 7) is 0. The number of phenolic OH excluding ortho intramolecular Hbond substituents is 2. The molecule has 5 nitrogen and oxygen atoms in total. The minimum absolute atomic E-state index is 0. The first kappa shape index (κ1) is 23.6. The van der Waals surface area contributed by atoms with E-state index in [0.29, 0.717) is 32.4 Å². The lowest BCUT2D eigenvalue weighted by molar-refractivity contribution is -0.111. The maximum atomic E-state index is 12.6. The molecule has 8 heteroatoms. The summed E-state index contributed by atoms with van der Waals surface area (Å²) in [6, 6.07) is 17.0. The molecule has 1 amide bonds. The predicted octanol–water partition coefficient (Wildman–Crippen LogP) is 6.85. The van der Waals surface area contributed by atoms with Crippen LogP contribution in [0.5, 0.6) is 11.5 Å². The number of pyridine rings is 1. The van der Waals surface area contributed by atoms with E-state index in [4.69, 9.17) is 23.2 Å². The molecule has 1 heterocycles. The second kappa shape index (κ2) is 10.0.